The number of carbonyl (C=O) groups excluding carboxylic acids is 1. The third-order valence-electron chi connectivity index (χ3n) is 5.17. The van der Waals surface area contributed by atoms with E-state index < -0.39 is 23.6 Å². The molecule has 162 valence electrons. The number of aromatic nitrogens is 3. The van der Waals surface area contributed by atoms with Gasteiger partial charge < -0.3 is 15.4 Å². The number of piperidine rings is 1. The number of ether oxygens (including phenoxy) is 1. The molecule has 4 rings (SSSR count). The number of para-hydroxylation sites is 1. The van der Waals surface area contributed by atoms with E-state index in [9.17, 15) is 18.0 Å². The minimum Gasteiger partial charge on any atom is -0.457 e. The average Bonchev–Trinajstić information content (AvgIpc) is 2.77. The number of rotatable bonds is 4. The fourth-order valence-electron chi connectivity index (χ4n) is 3.70. The lowest BCUT2D eigenvalue weighted by Gasteiger charge is -2.33. The van der Waals surface area contributed by atoms with Crippen molar-refractivity contribution >= 4 is 28.5 Å². The second-order valence-electron chi connectivity index (χ2n) is 7.31. The van der Waals surface area contributed by atoms with Gasteiger partial charge in [0.1, 0.15) is 11.6 Å². The number of hydrogen-bond donors (Lipinski definition) is 1. The maximum Gasteiger partial charge on any atom is 0.419 e. The minimum absolute atomic E-state index is 0.0969. The summed E-state index contributed by atoms with van der Waals surface area (Å²) in [6.07, 6.45) is -2.14. The first-order chi connectivity index (χ1) is 14.8. The van der Waals surface area contributed by atoms with Crippen LogP contribution in [0.4, 0.5) is 24.8 Å². The molecule has 1 atom stereocenters. The van der Waals surface area contributed by atoms with Gasteiger partial charge in [-0.25, -0.2) is 15.0 Å². The maximum absolute atomic E-state index is 13.3. The molecule has 1 aliphatic heterocycles. The zero-order valence-corrected chi connectivity index (χ0v) is 16.5. The molecule has 3 aromatic rings. The van der Waals surface area contributed by atoms with Crippen LogP contribution < -0.4 is 10.6 Å². The quantitative estimate of drug-likeness (QED) is 0.631. The Morgan fingerprint density at radius 3 is 2.81 bits per heavy atom. The molecule has 0 bridgehead atoms. The van der Waals surface area contributed by atoms with Crippen molar-refractivity contribution in [1.29, 1.82) is 0 Å². The molecule has 0 saturated carbocycles. The average molecular weight is 431 g/mol. The van der Waals surface area contributed by atoms with Gasteiger partial charge in [-0.05, 0) is 37.1 Å². The zero-order chi connectivity index (χ0) is 22.0. The lowest BCUT2D eigenvalue weighted by atomic mass is 9.98. The van der Waals surface area contributed by atoms with Crippen LogP contribution in [-0.4, -0.2) is 34.0 Å². The number of pyridine rings is 1. The molecule has 10 heteroatoms. The lowest BCUT2D eigenvalue weighted by Crippen LogP contribution is -2.40. The first-order valence-corrected chi connectivity index (χ1v) is 9.78. The van der Waals surface area contributed by atoms with Gasteiger partial charge in [-0.1, -0.05) is 12.1 Å². The van der Waals surface area contributed by atoms with Gasteiger partial charge in [-0.2, -0.15) is 13.2 Å². The fraction of sp³-hybridized carbons (Fsp3) is 0.333. The summed E-state index contributed by atoms with van der Waals surface area (Å²) in [6, 6.07) is 9.45. The first kappa shape index (κ1) is 20.8. The molecule has 0 spiro atoms. The van der Waals surface area contributed by atoms with Crippen LogP contribution in [-0.2, 0) is 22.3 Å². The number of benzene rings is 1. The highest BCUT2D eigenvalue weighted by Crippen LogP contribution is 2.36. The molecule has 31 heavy (non-hydrogen) atoms. The predicted octanol–water partition coefficient (Wildman–Crippen LogP) is 3.59. The van der Waals surface area contributed by atoms with Gasteiger partial charge in [-0.15, -0.1) is 0 Å². The summed E-state index contributed by atoms with van der Waals surface area (Å²) in [5, 5.41) is 0.705. The van der Waals surface area contributed by atoms with Crippen LogP contribution in [0, 0.1) is 5.92 Å². The number of nitrogen functional groups attached to an aromatic ring is 1. The summed E-state index contributed by atoms with van der Waals surface area (Å²) in [5.74, 6) is -0.700. The Balaban J connectivity index is 1.44. The number of esters is 1. The van der Waals surface area contributed by atoms with Crippen molar-refractivity contribution in [2.24, 2.45) is 5.92 Å². The highest BCUT2D eigenvalue weighted by Gasteiger charge is 2.37. The standard InChI is InChI=1S/C21H20F3N5O2/c22-21(23,24)15-7-3-9-26-19(15)29-10-4-5-13(11-29)20(30)31-12-17-27-16-8-2-1-6-14(16)18(25)28-17/h1-3,6-9,13H,4-5,10-12H2,(H2,25,27,28). The maximum atomic E-state index is 13.3. The Morgan fingerprint density at radius 2 is 2.00 bits per heavy atom. The molecule has 0 radical (unpaired) electrons. The number of carbonyl (C=O) groups is 1. The predicted molar refractivity (Wildman–Crippen MR) is 108 cm³/mol. The summed E-state index contributed by atoms with van der Waals surface area (Å²) < 4.78 is 45.4. The minimum atomic E-state index is -4.52. The fourth-order valence-corrected chi connectivity index (χ4v) is 3.70. The van der Waals surface area contributed by atoms with Gasteiger partial charge in [0, 0.05) is 24.7 Å². The van der Waals surface area contributed by atoms with Crippen LogP contribution in [0.1, 0.15) is 24.2 Å². The van der Waals surface area contributed by atoms with Crippen molar-refractivity contribution in [2.45, 2.75) is 25.6 Å². The van der Waals surface area contributed by atoms with Gasteiger partial charge in [-0.3, -0.25) is 4.79 Å². The SMILES string of the molecule is Nc1nc(COC(=O)C2CCCN(c3ncccc3C(F)(F)F)C2)nc2ccccc12. The largest absolute Gasteiger partial charge is 0.457 e. The zero-order valence-electron chi connectivity index (χ0n) is 16.5. The second kappa shape index (κ2) is 8.37. The van der Waals surface area contributed by atoms with E-state index in [1.54, 1.807) is 12.1 Å². The topological polar surface area (TPSA) is 94.2 Å². The van der Waals surface area contributed by atoms with Crippen molar-refractivity contribution in [3.05, 3.63) is 54.0 Å². The highest BCUT2D eigenvalue weighted by atomic mass is 19.4. The molecular weight excluding hydrogens is 411 g/mol. The first-order valence-electron chi connectivity index (χ1n) is 9.78. The van der Waals surface area contributed by atoms with E-state index in [0.717, 1.165) is 6.07 Å². The van der Waals surface area contributed by atoms with Crippen molar-refractivity contribution in [2.75, 3.05) is 23.7 Å². The molecule has 1 fully saturated rings. The number of fused-ring (bicyclic) bond motifs is 1. The molecule has 2 aromatic heterocycles. The molecule has 7 nitrogen and oxygen atoms in total. The van der Waals surface area contributed by atoms with Crippen LogP contribution in [0.3, 0.4) is 0 Å². The summed E-state index contributed by atoms with van der Waals surface area (Å²) in [7, 11) is 0. The number of nitrogens with zero attached hydrogens (tertiary/aromatic N) is 4. The van der Waals surface area contributed by atoms with Gasteiger partial charge in [0.05, 0.1) is 17.0 Å². The van der Waals surface area contributed by atoms with E-state index in [0.29, 0.717) is 30.3 Å². The van der Waals surface area contributed by atoms with Crippen molar-refractivity contribution in [1.82, 2.24) is 15.0 Å². The molecule has 1 aliphatic rings. The van der Waals surface area contributed by atoms with E-state index >= 15 is 0 Å². The number of anilines is 2. The Kier molecular flexibility index (Phi) is 5.62. The van der Waals surface area contributed by atoms with Crippen molar-refractivity contribution < 1.29 is 22.7 Å². The third-order valence-corrected chi connectivity index (χ3v) is 5.17. The molecular formula is C21H20F3N5O2. The molecule has 0 aliphatic carbocycles. The van der Waals surface area contributed by atoms with Gasteiger partial charge in [0.25, 0.3) is 0 Å². The van der Waals surface area contributed by atoms with Crippen LogP contribution >= 0.6 is 0 Å². The van der Waals surface area contributed by atoms with Crippen LogP contribution in [0.15, 0.2) is 42.6 Å². The van der Waals surface area contributed by atoms with E-state index in [2.05, 4.69) is 15.0 Å². The number of alkyl halides is 3. The van der Waals surface area contributed by atoms with Gasteiger partial charge >= 0.3 is 12.1 Å². The molecule has 0 amide bonds. The number of hydrogen-bond acceptors (Lipinski definition) is 7. The van der Waals surface area contributed by atoms with E-state index in [4.69, 9.17) is 10.5 Å². The third kappa shape index (κ3) is 4.52. The van der Waals surface area contributed by atoms with E-state index in [1.807, 2.05) is 12.1 Å². The smallest absolute Gasteiger partial charge is 0.419 e. The summed E-state index contributed by atoms with van der Waals surface area (Å²) in [6.45, 7) is 0.315. The molecule has 1 aromatic carbocycles. The van der Waals surface area contributed by atoms with Crippen LogP contribution in [0.5, 0.6) is 0 Å². The Labute approximate surface area is 176 Å². The van der Waals surface area contributed by atoms with Gasteiger partial charge in [0.2, 0.25) is 0 Å². The summed E-state index contributed by atoms with van der Waals surface area (Å²) in [5.41, 5.74) is 5.76. The Morgan fingerprint density at radius 1 is 1.19 bits per heavy atom. The highest BCUT2D eigenvalue weighted by molar-refractivity contribution is 5.87. The summed E-state index contributed by atoms with van der Waals surface area (Å²) >= 11 is 0. The molecule has 1 unspecified atom stereocenters. The molecule has 2 N–H and O–H groups in total. The van der Waals surface area contributed by atoms with Crippen LogP contribution in [0.2, 0.25) is 0 Å². The lowest BCUT2D eigenvalue weighted by molar-refractivity contribution is -0.150. The van der Waals surface area contributed by atoms with Gasteiger partial charge in [0.15, 0.2) is 12.4 Å². The van der Waals surface area contributed by atoms with E-state index in [1.165, 1.54) is 17.2 Å². The van der Waals surface area contributed by atoms with Crippen LogP contribution in [0.25, 0.3) is 10.9 Å². The van der Waals surface area contributed by atoms with Crippen molar-refractivity contribution in [3.8, 4) is 0 Å². The molecule has 3 heterocycles. The summed E-state index contributed by atoms with van der Waals surface area (Å²) in [4.78, 5) is 26.5. The van der Waals surface area contributed by atoms with E-state index in [-0.39, 0.29) is 30.6 Å². The normalized spacial score (nSPS) is 17.0. The molecule has 1 saturated heterocycles. The Hall–Kier alpha value is -3.43. The Bertz CT molecular complexity index is 1110. The monoisotopic (exact) mass is 431 g/mol. The number of nitrogens with two attached hydrogens (primary N) is 1. The second-order valence-corrected chi connectivity index (χ2v) is 7.31. The number of halogens is 3. The van der Waals surface area contributed by atoms with Crippen molar-refractivity contribution in [3.63, 3.8) is 0 Å².